The van der Waals surface area contributed by atoms with E-state index in [4.69, 9.17) is 0 Å². The van der Waals surface area contributed by atoms with Gasteiger partial charge in [0.2, 0.25) is 0 Å². The molecular weight excluding hydrogens is 312 g/mol. The van der Waals surface area contributed by atoms with Crippen molar-refractivity contribution in [1.82, 2.24) is 15.0 Å². The van der Waals surface area contributed by atoms with E-state index in [1.54, 1.807) is 13.8 Å². The maximum Gasteiger partial charge on any atom is 0.416 e. The Bertz CT molecular complexity index is 652. The third-order valence-corrected chi connectivity index (χ3v) is 3.02. The molecule has 0 aliphatic heterocycles. The maximum atomic E-state index is 12.8. The van der Waals surface area contributed by atoms with Crippen molar-refractivity contribution < 1.29 is 26.3 Å². The van der Waals surface area contributed by atoms with Gasteiger partial charge in [-0.2, -0.15) is 41.3 Å². The number of halogens is 6. The Balaban J connectivity index is 2.64. The first-order valence-electron chi connectivity index (χ1n) is 6.25. The first kappa shape index (κ1) is 16.3. The van der Waals surface area contributed by atoms with Crippen LogP contribution in [0.3, 0.4) is 0 Å². The summed E-state index contributed by atoms with van der Waals surface area (Å²) in [5.41, 5.74) is -2.22. The summed E-state index contributed by atoms with van der Waals surface area (Å²) in [6.45, 7) is 3.34. The fraction of sp³-hybridized carbons (Fsp3) is 0.385. The molecule has 3 nitrogen and oxygen atoms in total. The Labute approximate surface area is 121 Å². The zero-order valence-corrected chi connectivity index (χ0v) is 11.5. The van der Waals surface area contributed by atoms with Gasteiger partial charge in [0.05, 0.1) is 28.2 Å². The van der Waals surface area contributed by atoms with Crippen LogP contribution in [0, 0.1) is 6.92 Å². The zero-order valence-electron chi connectivity index (χ0n) is 11.5. The average molecular weight is 323 g/mol. The van der Waals surface area contributed by atoms with Gasteiger partial charge in [0, 0.05) is 0 Å². The summed E-state index contributed by atoms with van der Waals surface area (Å²) < 4.78 is 76.7. The molecule has 0 amide bonds. The Kier molecular flexibility index (Phi) is 3.92. The number of hydrogen-bond acceptors (Lipinski definition) is 2. The van der Waals surface area contributed by atoms with Crippen LogP contribution < -0.4 is 0 Å². The van der Waals surface area contributed by atoms with Gasteiger partial charge >= 0.3 is 12.4 Å². The zero-order chi connectivity index (χ0) is 16.7. The second-order valence-electron chi connectivity index (χ2n) is 4.64. The molecule has 2 rings (SSSR count). The van der Waals surface area contributed by atoms with Crippen molar-refractivity contribution in [3.8, 4) is 5.69 Å². The van der Waals surface area contributed by atoms with Gasteiger partial charge in [-0.1, -0.05) is 6.92 Å². The van der Waals surface area contributed by atoms with Crippen molar-refractivity contribution in [3.63, 3.8) is 0 Å². The molecule has 0 spiro atoms. The second kappa shape index (κ2) is 5.29. The third-order valence-electron chi connectivity index (χ3n) is 3.02. The summed E-state index contributed by atoms with van der Waals surface area (Å²) in [6, 6.07) is 1.25. The van der Waals surface area contributed by atoms with E-state index in [9.17, 15) is 26.3 Å². The van der Waals surface area contributed by atoms with Gasteiger partial charge in [-0.05, 0) is 31.5 Å². The molecule has 0 fully saturated rings. The SMILES string of the molecule is CCc1nn(-c2cc(C(F)(F)F)cc(C(F)(F)F)c2)nc1C. The lowest BCUT2D eigenvalue weighted by Gasteiger charge is -2.13. The van der Waals surface area contributed by atoms with Crippen LogP contribution >= 0.6 is 0 Å². The highest BCUT2D eigenvalue weighted by Crippen LogP contribution is 2.36. The molecule has 1 aromatic carbocycles. The van der Waals surface area contributed by atoms with Crippen LogP contribution in [0.5, 0.6) is 0 Å². The minimum absolute atomic E-state index is 0.0700. The number of aryl methyl sites for hydroxylation is 2. The Morgan fingerprint density at radius 1 is 0.909 bits per heavy atom. The standard InChI is InChI=1S/C13H11F6N3/c1-3-11-7(2)20-22(21-11)10-5-8(12(14,15)16)4-9(6-10)13(17,18)19/h4-6H,3H2,1-2H3. The minimum Gasteiger partial charge on any atom is -0.166 e. The highest BCUT2D eigenvalue weighted by atomic mass is 19.4. The van der Waals surface area contributed by atoms with Crippen LogP contribution in [0.25, 0.3) is 5.69 Å². The normalized spacial score (nSPS) is 12.7. The number of nitrogens with zero attached hydrogens (tertiary/aromatic N) is 3. The van der Waals surface area contributed by atoms with Gasteiger partial charge < -0.3 is 0 Å². The lowest BCUT2D eigenvalue weighted by atomic mass is 10.1. The minimum atomic E-state index is -4.90. The van der Waals surface area contributed by atoms with E-state index in [0.717, 1.165) is 4.80 Å². The summed E-state index contributed by atoms with van der Waals surface area (Å²) in [5.74, 6) is 0. The smallest absolute Gasteiger partial charge is 0.166 e. The van der Waals surface area contributed by atoms with Gasteiger partial charge in [0.15, 0.2) is 0 Å². The van der Waals surface area contributed by atoms with Gasteiger partial charge in [-0.3, -0.25) is 0 Å². The monoisotopic (exact) mass is 323 g/mol. The van der Waals surface area contributed by atoms with Gasteiger partial charge in [0.25, 0.3) is 0 Å². The molecule has 0 bridgehead atoms. The van der Waals surface area contributed by atoms with Crippen molar-refractivity contribution in [3.05, 3.63) is 40.7 Å². The molecule has 0 saturated heterocycles. The molecule has 0 aliphatic carbocycles. The molecule has 0 unspecified atom stereocenters. The fourth-order valence-corrected chi connectivity index (χ4v) is 1.90. The number of alkyl halides is 6. The third kappa shape index (κ3) is 3.23. The van der Waals surface area contributed by atoms with Crippen molar-refractivity contribution in [2.45, 2.75) is 32.6 Å². The molecule has 0 saturated carbocycles. The molecule has 2 aromatic rings. The molecule has 22 heavy (non-hydrogen) atoms. The first-order chi connectivity index (χ1) is 10.0. The summed E-state index contributed by atoms with van der Waals surface area (Å²) in [5, 5.41) is 7.78. The quantitative estimate of drug-likeness (QED) is 0.777. The summed E-state index contributed by atoms with van der Waals surface area (Å²) in [6.07, 6.45) is -9.32. The molecule has 0 aliphatic rings. The van der Waals surface area contributed by atoms with Gasteiger partial charge in [-0.25, -0.2) is 0 Å². The Hall–Kier alpha value is -2.06. The van der Waals surface area contributed by atoms with Crippen molar-refractivity contribution in [2.24, 2.45) is 0 Å². The maximum absolute atomic E-state index is 12.8. The Morgan fingerprint density at radius 3 is 1.77 bits per heavy atom. The largest absolute Gasteiger partial charge is 0.416 e. The molecule has 0 atom stereocenters. The fourth-order valence-electron chi connectivity index (χ4n) is 1.90. The van der Waals surface area contributed by atoms with E-state index in [-0.39, 0.29) is 11.8 Å². The van der Waals surface area contributed by atoms with Crippen LogP contribution in [-0.2, 0) is 18.8 Å². The van der Waals surface area contributed by atoms with Crippen LogP contribution in [-0.4, -0.2) is 15.0 Å². The van der Waals surface area contributed by atoms with Crippen LogP contribution in [0.15, 0.2) is 18.2 Å². The molecule has 1 heterocycles. The van der Waals surface area contributed by atoms with E-state index in [1.165, 1.54) is 0 Å². The number of benzene rings is 1. The summed E-state index contributed by atoms with van der Waals surface area (Å²) in [7, 11) is 0. The van der Waals surface area contributed by atoms with Crippen molar-refractivity contribution >= 4 is 0 Å². The highest BCUT2D eigenvalue weighted by molar-refractivity contribution is 5.41. The average Bonchev–Trinajstić information content (AvgIpc) is 2.77. The summed E-state index contributed by atoms with van der Waals surface area (Å²) in [4.78, 5) is 0.790. The van der Waals surface area contributed by atoms with E-state index >= 15 is 0 Å². The van der Waals surface area contributed by atoms with E-state index in [2.05, 4.69) is 10.2 Å². The highest BCUT2D eigenvalue weighted by Gasteiger charge is 2.37. The van der Waals surface area contributed by atoms with E-state index in [0.29, 0.717) is 29.9 Å². The molecule has 1 aromatic heterocycles. The first-order valence-corrected chi connectivity index (χ1v) is 6.25. The predicted octanol–water partition coefficient (Wildman–Crippen LogP) is 4.18. The van der Waals surface area contributed by atoms with Gasteiger partial charge in [0.1, 0.15) is 0 Å². The predicted molar refractivity (Wildman–Crippen MR) is 65.5 cm³/mol. The number of aromatic nitrogens is 3. The van der Waals surface area contributed by atoms with Crippen molar-refractivity contribution in [2.75, 3.05) is 0 Å². The van der Waals surface area contributed by atoms with Crippen LogP contribution in [0.2, 0.25) is 0 Å². The molecule has 0 radical (unpaired) electrons. The van der Waals surface area contributed by atoms with E-state index < -0.39 is 23.5 Å². The van der Waals surface area contributed by atoms with Crippen molar-refractivity contribution in [1.29, 1.82) is 0 Å². The molecule has 0 N–H and O–H groups in total. The second-order valence-corrected chi connectivity index (χ2v) is 4.64. The topological polar surface area (TPSA) is 30.7 Å². The molecule has 120 valence electrons. The Morgan fingerprint density at radius 2 is 1.41 bits per heavy atom. The lowest BCUT2D eigenvalue weighted by Crippen LogP contribution is -2.13. The molecule has 9 heteroatoms. The van der Waals surface area contributed by atoms with E-state index in [1.807, 2.05) is 0 Å². The summed E-state index contributed by atoms with van der Waals surface area (Å²) >= 11 is 0. The molecular formula is C13H11F6N3. The van der Waals surface area contributed by atoms with Crippen LogP contribution in [0.4, 0.5) is 26.3 Å². The van der Waals surface area contributed by atoms with Gasteiger partial charge in [-0.15, -0.1) is 0 Å². The van der Waals surface area contributed by atoms with Crippen LogP contribution in [0.1, 0.15) is 29.4 Å². The number of rotatable bonds is 2. The number of hydrogen-bond donors (Lipinski definition) is 0. The lowest BCUT2D eigenvalue weighted by molar-refractivity contribution is -0.143.